The molecule has 1 aromatic rings. The molecular weight excluding hydrogens is 304 g/mol. The molecule has 0 aromatic heterocycles. The largest absolute Gasteiger partial charge is 0.391 e. The van der Waals surface area contributed by atoms with Gasteiger partial charge in [0.15, 0.2) is 0 Å². The molecule has 1 heterocycles. The van der Waals surface area contributed by atoms with Crippen LogP contribution in [0.5, 0.6) is 0 Å². The maximum Gasteiger partial charge on any atom is 0.243 e. The summed E-state index contributed by atoms with van der Waals surface area (Å²) >= 11 is 5.87. The summed E-state index contributed by atoms with van der Waals surface area (Å²) in [4.78, 5) is 25.1. The van der Waals surface area contributed by atoms with Crippen molar-refractivity contribution in [3.05, 3.63) is 47.5 Å². The molecule has 0 aliphatic carbocycles. The molecule has 2 amide bonds. The number of carbonyl (C=O) groups is 2. The molecule has 2 N–H and O–H groups in total. The first-order chi connectivity index (χ1) is 10.5. The number of hydrogen-bond donors (Lipinski definition) is 2. The van der Waals surface area contributed by atoms with Gasteiger partial charge in [-0.2, -0.15) is 0 Å². The van der Waals surface area contributed by atoms with Crippen molar-refractivity contribution >= 4 is 23.4 Å². The van der Waals surface area contributed by atoms with Gasteiger partial charge in [0, 0.05) is 24.5 Å². The zero-order chi connectivity index (χ0) is 16.1. The molecule has 0 radical (unpaired) electrons. The first-order valence-corrected chi connectivity index (χ1v) is 7.54. The standard InChI is InChI=1S/C16H19ClN2O3/c1-2-14(21)18-9-7-15(22)19-10-8-13(20)16(19)11-3-5-12(17)6-4-11/h2-6,13,16,20H,1,7-10H2,(H,18,21)/t13-,16-/m1/s1. The van der Waals surface area contributed by atoms with Crippen LogP contribution in [0, 0.1) is 0 Å². The van der Waals surface area contributed by atoms with E-state index in [2.05, 4.69) is 11.9 Å². The van der Waals surface area contributed by atoms with E-state index in [0.717, 1.165) is 5.56 Å². The van der Waals surface area contributed by atoms with Crippen molar-refractivity contribution in [1.82, 2.24) is 10.2 Å². The van der Waals surface area contributed by atoms with Crippen LogP contribution in [0.3, 0.4) is 0 Å². The Hall–Kier alpha value is -1.85. The van der Waals surface area contributed by atoms with E-state index >= 15 is 0 Å². The first-order valence-electron chi connectivity index (χ1n) is 7.16. The molecule has 5 nitrogen and oxygen atoms in total. The van der Waals surface area contributed by atoms with Crippen LogP contribution < -0.4 is 5.32 Å². The summed E-state index contributed by atoms with van der Waals surface area (Å²) in [5, 5.41) is 13.4. The number of nitrogens with zero attached hydrogens (tertiary/aromatic N) is 1. The summed E-state index contributed by atoms with van der Waals surface area (Å²) < 4.78 is 0. The summed E-state index contributed by atoms with van der Waals surface area (Å²) in [7, 11) is 0. The third kappa shape index (κ3) is 3.87. The predicted molar refractivity (Wildman–Crippen MR) is 84.4 cm³/mol. The molecule has 22 heavy (non-hydrogen) atoms. The zero-order valence-electron chi connectivity index (χ0n) is 12.2. The fourth-order valence-electron chi connectivity index (χ4n) is 2.63. The van der Waals surface area contributed by atoms with E-state index in [4.69, 9.17) is 11.6 Å². The number of rotatable bonds is 5. The Bertz CT molecular complexity index is 559. The lowest BCUT2D eigenvalue weighted by Crippen LogP contribution is -2.35. The van der Waals surface area contributed by atoms with Gasteiger partial charge in [0.1, 0.15) is 0 Å². The molecule has 2 rings (SSSR count). The van der Waals surface area contributed by atoms with Crippen LogP contribution in [0.2, 0.25) is 5.02 Å². The molecule has 0 bridgehead atoms. The lowest BCUT2D eigenvalue weighted by molar-refractivity contribution is -0.133. The van der Waals surface area contributed by atoms with Crippen LogP contribution in [-0.2, 0) is 9.59 Å². The minimum absolute atomic E-state index is 0.0964. The van der Waals surface area contributed by atoms with Gasteiger partial charge in [-0.15, -0.1) is 0 Å². The number of aliphatic hydroxyl groups is 1. The Kier molecular flexibility index (Phi) is 5.57. The van der Waals surface area contributed by atoms with Gasteiger partial charge in [0.2, 0.25) is 11.8 Å². The van der Waals surface area contributed by atoms with E-state index in [0.29, 0.717) is 18.0 Å². The molecule has 0 spiro atoms. The van der Waals surface area contributed by atoms with E-state index in [1.807, 2.05) is 12.1 Å². The monoisotopic (exact) mass is 322 g/mol. The number of benzene rings is 1. The van der Waals surface area contributed by atoms with Crippen molar-refractivity contribution in [2.24, 2.45) is 0 Å². The summed E-state index contributed by atoms with van der Waals surface area (Å²) in [5.41, 5.74) is 0.859. The lowest BCUT2D eigenvalue weighted by Gasteiger charge is -2.27. The van der Waals surface area contributed by atoms with Crippen LogP contribution in [0.15, 0.2) is 36.9 Å². The van der Waals surface area contributed by atoms with Crippen molar-refractivity contribution in [3.63, 3.8) is 0 Å². The second-order valence-corrected chi connectivity index (χ2v) is 5.62. The van der Waals surface area contributed by atoms with Gasteiger partial charge in [-0.3, -0.25) is 9.59 Å². The molecule has 6 heteroatoms. The normalized spacial score (nSPS) is 20.7. The Morgan fingerprint density at radius 2 is 2.09 bits per heavy atom. The molecule has 1 saturated heterocycles. The van der Waals surface area contributed by atoms with Crippen LogP contribution in [0.4, 0.5) is 0 Å². The van der Waals surface area contributed by atoms with E-state index < -0.39 is 6.10 Å². The smallest absolute Gasteiger partial charge is 0.243 e. The number of amides is 2. The third-order valence-electron chi connectivity index (χ3n) is 3.72. The van der Waals surface area contributed by atoms with Crippen LogP contribution >= 0.6 is 11.6 Å². The molecule has 118 valence electrons. The fraction of sp³-hybridized carbons (Fsp3) is 0.375. The maximum absolute atomic E-state index is 12.3. The Morgan fingerprint density at radius 1 is 1.41 bits per heavy atom. The fourth-order valence-corrected chi connectivity index (χ4v) is 2.75. The van der Waals surface area contributed by atoms with Crippen LogP contribution in [0.1, 0.15) is 24.4 Å². The van der Waals surface area contributed by atoms with Crippen LogP contribution in [0.25, 0.3) is 0 Å². The highest BCUT2D eigenvalue weighted by Crippen LogP contribution is 2.33. The quantitative estimate of drug-likeness (QED) is 0.810. The zero-order valence-corrected chi connectivity index (χ0v) is 12.9. The van der Waals surface area contributed by atoms with Crippen molar-refractivity contribution in [2.75, 3.05) is 13.1 Å². The average molecular weight is 323 g/mol. The number of aliphatic hydroxyl groups excluding tert-OH is 1. The minimum Gasteiger partial charge on any atom is -0.391 e. The summed E-state index contributed by atoms with van der Waals surface area (Å²) in [5.74, 6) is -0.399. The van der Waals surface area contributed by atoms with Crippen LogP contribution in [-0.4, -0.2) is 41.0 Å². The van der Waals surface area contributed by atoms with Crippen molar-refractivity contribution in [1.29, 1.82) is 0 Å². The highest BCUT2D eigenvalue weighted by atomic mass is 35.5. The van der Waals surface area contributed by atoms with Gasteiger partial charge in [-0.25, -0.2) is 0 Å². The second kappa shape index (κ2) is 7.42. The summed E-state index contributed by atoms with van der Waals surface area (Å²) in [6.07, 6.45) is 1.31. The third-order valence-corrected chi connectivity index (χ3v) is 3.97. The van der Waals surface area contributed by atoms with Gasteiger partial charge >= 0.3 is 0 Å². The summed E-state index contributed by atoms with van der Waals surface area (Å²) in [6.45, 7) is 4.11. The lowest BCUT2D eigenvalue weighted by atomic mass is 10.0. The van der Waals surface area contributed by atoms with Gasteiger partial charge in [0.25, 0.3) is 0 Å². The molecule has 1 aromatic carbocycles. The predicted octanol–water partition coefficient (Wildman–Crippen LogP) is 1.67. The van der Waals surface area contributed by atoms with E-state index in [1.165, 1.54) is 6.08 Å². The van der Waals surface area contributed by atoms with Gasteiger partial charge in [-0.1, -0.05) is 30.3 Å². The molecule has 1 fully saturated rings. The average Bonchev–Trinajstić information content (AvgIpc) is 2.89. The number of halogens is 1. The molecule has 0 saturated carbocycles. The topological polar surface area (TPSA) is 69.6 Å². The number of hydrogen-bond acceptors (Lipinski definition) is 3. The van der Waals surface area contributed by atoms with E-state index in [1.54, 1.807) is 17.0 Å². The number of carbonyl (C=O) groups excluding carboxylic acids is 2. The summed E-state index contributed by atoms with van der Waals surface area (Å²) in [6, 6.07) is 6.77. The Balaban J connectivity index is 2.02. The first kappa shape index (κ1) is 16.5. The number of likely N-dealkylation sites (tertiary alicyclic amines) is 1. The highest BCUT2D eigenvalue weighted by molar-refractivity contribution is 6.30. The Morgan fingerprint density at radius 3 is 2.73 bits per heavy atom. The minimum atomic E-state index is -0.590. The van der Waals surface area contributed by atoms with Crippen molar-refractivity contribution in [3.8, 4) is 0 Å². The molecule has 1 aliphatic rings. The maximum atomic E-state index is 12.3. The van der Waals surface area contributed by atoms with Crippen molar-refractivity contribution < 1.29 is 14.7 Å². The molecular formula is C16H19ClN2O3. The van der Waals surface area contributed by atoms with Crippen molar-refractivity contribution in [2.45, 2.75) is 25.0 Å². The second-order valence-electron chi connectivity index (χ2n) is 5.18. The molecule has 1 aliphatic heterocycles. The highest BCUT2D eigenvalue weighted by Gasteiger charge is 2.36. The van der Waals surface area contributed by atoms with E-state index in [-0.39, 0.29) is 30.8 Å². The Labute approximate surface area is 134 Å². The van der Waals surface area contributed by atoms with Gasteiger partial charge in [0.05, 0.1) is 12.1 Å². The van der Waals surface area contributed by atoms with E-state index in [9.17, 15) is 14.7 Å². The van der Waals surface area contributed by atoms with Gasteiger partial charge in [-0.05, 0) is 30.2 Å². The number of nitrogens with one attached hydrogen (secondary N) is 1. The van der Waals surface area contributed by atoms with Gasteiger partial charge < -0.3 is 15.3 Å². The SMILES string of the molecule is C=CC(=O)NCCC(=O)N1CC[C@@H](O)[C@H]1c1ccc(Cl)cc1. The molecule has 0 unspecified atom stereocenters. The molecule has 2 atom stereocenters.